The van der Waals surface area contributed by atoms with Gasteiger partial charge in [-0.25, -0.2) is 4.98 Å². The van der Waals surface area contributed by atoms with Gasteiger partial charge in [0.05, 0.1) is 11.7 Å². The molecule has 20 heavy (non-hydrogen) atoms. The van der Waals surface area contributed by atoms with E-state index in [9.17, 15) is 0 Å². The van der Waals surface area contributed by atoms with E-state index in [2.05, 4.69) is 43.6 Å². The number of hydrogen-bond donors (Lipinski definition) is 1. The Hall–Kier alpha value is -1.39. The van der Waals surface area contributed by atoms with E-state index >= 15 is 0 Å². The molecule has 0 bridgehead atoms. The van der Waals surface area contributed by atoms with Gasteiger partial charge in [-0.3, -0.25) is 0 Å². The summed E-state index contributed by atoms with van der Waals surface area (Å²) in [6.45, 7) is 8.08. The molecule has 0 radical (unpaired) electrons. The maximum absolute atomic E-state index is 5.68. The Morgan fingerprint density at radius 1 is 1.35 bits per heavy atom. The summed E-state index contributed by atoms with van der Waals surface area (Å²) >= 11 is 1.73. The Kier molecular flexibility index (Phi) is 3.52. The molecule has 4 heteroatoms. The first kappa shape index (κ1) is 13.6. The molecule has 0 aliphatic carbocycles. The predicted octanol–water partition coefficient (Wildman–Crippen LogP) is 3.66. The van der Waals surface area contributed by atoms with Crippen LogP contribution in [0.5, 0.6) is 5.75 Å². The van der Waals surface area contributed by atoms with Crippen molar-refractivity contribution in [1.82, 2.24) is 10.3 Å². The monoisotopic (exact) mass is 288 g/mol. The fraction of sp³-hybridized carbons (Fsp3) is 0.438. The lowest BCUT2D eigenvalue weighted by atomic mass is 9.93. The Morgan fingerprint density at radius 3 is 2.90 bits per heavy atom. The van der Waals surface area contributed by atoms with E-state index in [1.54, 1.807) is 11.3 Å². The van der Waals surface area contributed by atoms with Gasteiger partial charge in [-0.2, -0.15) is 0 Å². The number of ether oxygens (including phenoxy) is 1. The zero-order valence-electron chi connectivity index (χ0n) is 12.1. The van der Waals surface area contributed by atoms with Crippen molar-refractivity contribution in [1.29, 1.82) is 0 Å². The molecule has 0 saturated heterocycles. The Labute approximate surface area is 124 Å². The van der Waals surface area contributed by atoms with Gasteiger partial charge in [0.15, 0.2) is 0 Å². The average molecular weight is 288 g/mol. The van der Waals surface area contributed by atoms with Crippen LogP contribution in [-0.2, 0) is 12.0 Å². The van der Waals surface area contributed by atoms with Crippen molar-refractivity contribution in [3.05, 3.63) is 45.9 Å². The maximum Gasteiger partial charge on any atom is 0.124 e. The normalized spacial score (nSPS) is 17.9. The van der Waals surface area contributed by atoms with Gasteiger partial charge in [-0.15, -0.1) is 11.3 Å². The van der Waals surface area contributed by atoms with Crippen LogP contribution < -0.4 is 10.1 Å². The first-order valence-electron chi connectivity index (χ1n) is 6.94. The minimum Gasteiger partial charge on any atom is -0.491 e. The predicted molar refractivity (Wildman–Crippen MR) is 82.3 cm³/mol. The van der Waals surface area contributed by atoms with Crippen LogP contribution in [0, 0.1) is 0 Å². The maximum atomic E-state index is 5.68. The van der Waals surface area contributed by atoms with Crippen molar-refractivity contribution in [2.75, 3.05) is 6.61 Å². The van der Waals surface area contributed by atoms with Gasteiger partial charge in [0.2, 0.25) is 0 Å². The lowest BCUT2D eigenvalue weighted by Gasteiger charge is -2.14. The summed E-state index contributed by atoms with van der Waals surface area (Å²) in [5.74, 6) is 1.000. The molecule has 2 aromatic rings. The van der Waals surface area contributed by atoms with Crippen LogP contribution in [-0.4, -0.2) is 11.6 Å². The zero-order valence-corrected chi connectivity index (χ0v) is 13.0. The van der Waals surface area contributed by atoms with Crippen molar-refractivity contribution < 1.29 is 4.74 Å². The van der Waals surface area contributed by atoms with Crippen molar-refractivity contribution in [2.45, 2.75) is 38.8 Å². The summed E-state index contributed by atoms with van der Waals surface area (Å²) in [4.78, 5) is 4.71. The van der Waals surface area contributed by atoms with Gasteiger partial charge < -0.3 is 10.1 Å². The quantitative estimate of drug-likeness (QED) is 0.936. The number of nitrogens with zero attached hydrogens (tertiary/aromatic N) is 1. The highest BCUT2D eigenvalue weighted by Gasteiger charge is 2.23. The standard InChI is InChI=1S/C16H20N2OS/c1-16(2,3)14-10-20-15(18-14)8-17-12-9-19-13-7-5-4-6-11(12)13/h4-7,10,12,17H,8-9H2,1-3H3. The fourth-order valence-electron chi connectivity index (χ4n) is 2.28. The van der Waals surface area contributed by atoms with E-state index in [1.807, 2.05) is 12.1 Å². The minimum absolute atomic E-state index is 0.123. The molecule has 3 nitrogen and oxygen atoms in total. The molecule has 1 aromatic carbocycles. The number of para-hydroxylation sites is 1. The summed E-state index contributed by atoms with van der Waals surface area (Å²) in [6.07, 6.45) is 0. The lowest BCUT2D eigenvalue weighted by molar-refractivity contribution is 0.310. The average Bonchev–Trinajstić information content (AvgIpc) is 3.02. The first-order valence-corrected chi connectivity index (χ1v) is 7.82. The molecule has 3 rings (SSSR count). The van der Waals surface area contributed by atoms with Crippen molar-refractivity contribution in [3.63, 3.8) is 0 Å². The van der Waals surface area contributed by atoms with Crippen LogP contribution in [0.2, 0.25) is 0 Å². The Balaban J connectivity index is 1.65. The smallest absolute Gasteiger partial charge is 0.124 e. The van der Waals surface area contributed by atoms with E-state index in [-0.39, 0.29) is 11.5 Å². The molecular weight excluding hydrogens is 268 g/mol. The molecule has 106 valence electrons. The Bertz CT molecular complexity index is 601. The number of thiazole rings is 1. The highest BCUT2D eigenvalue weighted by atomic mass is 32.1. The van der Waals surface area contributed by atoms with E-state index in [1.165, 1.54) is 11.3 Å². The number of hydrogen-bond acceptors (Lipinski definition) is 4. The summed E-state index contributed by atoms with van der Waals surface area (Å²) in [5, 5.41) is 6.84. The van der Waals surface area contributed by atoms with Crippen molar-refractivity contribution in [2.24, 2.45) is 0 Å². The van der Waals surface area contributed by atoms with Gasteiger partial charge in [0, 0.05) is 22.9 Å². The molecule has 1 unspecified atom stereocenters. The molecule has 1 N–H and O–H groups in total. The second kappa shape index (κ2) is 5.19. The van der Waals surface area contributed by atoms with Gasteiger partial charge in [-0.1, -0.05) is 39.0 Å². The van der Waals surface area contributed by atoms with Gasteiger partial charge >= 0.3 is 0 Å². The van der Waals surface area contributed by atoms with E-state index < -0.39 is 0 Å². The largest absolute Gasteiger partial charge is 0.491 e. The van der Waals surface area contributed by atoms with Gasteiger partial charge in [0.1, 0.15) is 17.4 Å². The third-order valence-corrected chi connectivity index (χ3v) is 4.37. The molecule has 1 aliphatic rings. The van der Waals surface area contributed by atoms with Crippen LogP contribution in [0.3, 0.4) is 0 Å². The molecule has 2 heterocycles. The number of nitrogens with one attached hydrogen (secondary N) is 1. The number of fused-ring (bicyclic) bond motifs is 1. The topological polar surface area (TPSA) is 34.1 Å². The molecule has 1 aromatic heterocycles. The molecule has 0 saturated carbocycles. The van der Waals surface area contributed by atoms with E-state index in [0.717, 1.165) is 17.3 Å². The summed E-state index contributed by atoms with van der Waals surface area (Å²) in [5.41, 5.74) is 2.54. The minimum atomic E-state index is 0.123. The molecule has 0 spiro atoms. The second-order valence-electron chi connectivity index (χ2n) is 6.16. The third-order valence-electron chi connectivity index (χ3n) is 3.52. The zero-order chi connectivity index (χ0) is 14.2. The van der Waals surface area contributed by atoms with Crippen LogP contribution in [0.15, 0.2) is 29.6 Å². The summed E-state index contributed by atoms with van der Waals surface area (Å²) < 4.78 is 5.68. The molecular formula is C16H20N2OS. The van der Waals surface area contributed by atoms with Crippen LogP contribution in [0.4, 0.5) is 0 Å². The van der Waals surface area contributed by atoms with Crippen molar-refractivity contribution in [3.8, 4) is 5.75 Å². The molecule has 1 atom stereocenters. The van der Waals surface area contributed by atoms with Crippen LogP contribution in [0.25, 0.3) is 0 Å². The summed E-state index contributed by atoms with van der Waals surface area (Å²) in [6, 6.07) is 8.50. The third kappa shape index (κ3) is 2.72. The van der Waals surface area contributed by atoms with E-state index in [4.69, 9.17) is 9.72 Å². The first-order chi connectivity index (χ1) is 9.54. The second-order valence-corrected chi connectivity index (χ2v) is 7.10. The van der Waals surface area contributed by atoms with Gasteiger partial charge in [-0.05, 0) is 6.07 Å². The van der Waals surface area contributed by atoms with E-state index in [0.29, 0.717) is 6.61 Å². The number of aromatic nitrogens is 1. The highest BCUT2D eigenvalue weighted by molar-refractivity contribution is 7.09. The lowest BCUT2D eigenvalue weighted by Crippen LogP contribution is -2.22. The molecule has 1 aliphatic heterocycles. The van der Waals surface area contributed by atoms with Crippen molar-refractivity contribution >= 4 is 11.3 Å². The van der Waals surface area contributed by atoms with Gasteiger partial charge in [0.25, 0.3) is 0 Å². The Morgan fingerprint density at radius 2 is 2.15 bits per heavy atom. The molecule has 0 amide bonds. The number of benzene rings is 1. The molecule has 0 fully saturated rings. The highest BCUT2D eigenvalue weighted by Crippen LogP contribution is 2.32. The summed E-state index contributed by atoms with van der Waals surface area (Å²) in [7, 11) is 0. The fourth-order valence-corrected chi connectivity index (χ4v) is 3.25. The van der Waals surface area contributed by atoms with Crippen LogP contribution in [0.1, 0.15) is 43.1 Å². The number of rotatable bonds is 3. The SMILES string of the molecule is CC(C)(C)c1csc(CNC2COc3ccccc32)n1. The van der Waals surface area contributed by atoms with Crippen LogP contribution >= 0.6 is 11.3 Å².